The highest BCUT2D eigenvalue weighted by atomic mass is 35.5. The van der Waals surface area contributed by atoms with E-state index in [1.807, 2.05) is 27.7 Å². The minimum atomic E-state index is -3.44. The highest BCUT2D eigenvalue weighted by molar-refractivity contribution is 7.89. The Morgan fingerprint density at radius 3 is 2.10 bits per heavy atom. The maximum Gasteiger partial charge on any atom is 0.243 e. The molecule has 0 bridgehead atoms. The molecule has 1 heterocycles. The summed E-state index contributed by atoms with van der Waals surface area (Å²) in [4.78, 5) is 0.490. The molecule has 1 aliphatic rings. The lowest BCUT2D eigenvalue weighted by atomic mass is 10.0. The number of benzene rings is 1. The van der Waals surface area contributed by atoms with Gasteiger partial charge in [0.2, 0.25) is 10.0 Å². The molecule has 21 heavy (non-hydrogen) atoms. The first-order valence-corrected chi connectivity index (χ1v) is 8.47. The third-order valence-electron chi connectivity index (χ3n) is 4.48. The minimum absolute atomic E-state index is 0. The van der Waals surface area contributed by atoms with Gasteiger partial charge in [0.1, 0.15) is 0 Å². The van der Waals surface area contributed by atoms with E-state index in [-0.39, 0.29) is 18.4 Å². The number of likely N-dealkylation sites (N-methyl/N-ethyl adjacent to an activating group) is 1. The van der Waals surface area contributed by atoms with Gasteiger partial charge >= 0.3 is 0 Å². The molecule has 0 radical (unpaired) electrons. The van der Waals surface area contributed by atoms with Gasteiger partial charge in [0.25, 0.3) is 0 Å². The smallest absolute Gasteiger partial charge is 0.243 e. The summed E-state index contributed by atoms with van der Waals surface area (Å²) < 4.78 is 27.5. The largest absolute Gasteiger partial charge is 0.315 e. The summed E-state index contributed by atoms with van der Waals surface area (Å²) in [5.74, 6) is 0. The van der Waals surface area contributed by atoms with Gasteiger partial charge in [-0.25, -0.2) is 8.42 Å². The molecule has 6 heteroatoms. The Balaban J connectivity index is 0.00000220. The Labute approximate surface area is 134 Å². The van der Waals surface area contributed by atoms with E-state index in [0.29, 0.717) is 4.90 Å². The zero-order valence-electron chi connectivity index (χ0n) is 13.4. The molecule has 0 spiro atoms. The second-order valence-electron chi connectivity index (χ2n) is 5.76. The summed E-state index contributed by atoms with van der Waals surface area (Å²) in [5, 5.41) is 3.22. The van der Waals surface area contributed by atoms with Crippen LogP contribution in [0.2, 0.25) is 0 Å². The first-order chi connectivity index (χ1) is 9.26. The summed E-state index contributed by atoms with van der Waals surface area (Å²) in [6.07, 6.45) is 0.874. The van der Waals surface area contributed by atoms with Gasteiger partial charge in [0, 0.05) is 19.6 Å². The Bertz CT molecular complexity index is 597. The molecule has 0 aromatic heterocycles. The van der Waals surface area contributed by atoms with Crippen LogP contribution >= 0.6 is 12.4 Å². The van der Waals surface area contributed by atoms with Crippen LogP contribution in [-0.4, -0.2) is 38.9 Å². The van der Waals surface area contributed by atoms with Crippen molar-refractivity contribution in [3.05, 3.63) is 28.3 Å². The lowest BCUT2D eigenvalue weighted by Gasteiger charge is -2.26. The fraction of sp³-hybridized carbons (Fsp3) is 0.600. The lowest BCUT2D eigenvalue weighted by Crippen LogP contribution is -2.39. The molecular weight excluding hydrogens is 308 g/mol. The average molecular weight is 333 g/mol. The number of halogens is 1. The topological polar surface area (TPSA) is 49.4 Å². The van der Waals surface area contributed by atoms with E-state index in [0.717, 1.165) is 41.8 Å². The minimum Gasteiger partial charge on any atom is -0.315 e. The molecule has 0 saturated carbocycles. The van der Waals surface area contributed by atoms with Gasteiger partial charge in [-0.3, -0.25) is 0 Å². The highest BCUT2D eigenvalue weighted by Crippen LogP contribution is 2.29. The number of hydrogen-bond acceptors (Lipinski definition) is 3. The second kappa shape index (κ2) is 6.65. The molecule has 120 valence electrons. The predicted octanol–water partition coefficient (Wildman–Crippen LogP) is 2.32. The molecule has 1 aromatic carbocycles. The Morgan fingerprint density at radius 1 is 1.14 bits per heavy atom. The maximum atomic E-state index is 13.0. The van der Waals surface area contributed by atoms with Crippen LogP contribution in [0.25, 0.3) is 0 Å². The van der Waals surface area contributed by atoms with E-state index < -0.39 is 10.0 Å². The van der Waals surface area contributed by atoms with Gasteiger partial charge in [0.05, 0.1) is 4.90 Å². The van der Waals surface area contributed by atoms with Crippen LogP contribution in [0.3, 0.4) is 0 Å². The van der Waals surface area contributed by atoms with Crippen LogP contribution in [0.4, 0.5) is 0 Å². The third-order valence-corrected chi connectivity index (χ3v) is 6.67. The molecular formula is C15H25ClN2O2S. The van der Waals surface area contributed by atoms with Crippen molar-refractivity contribution in [2.24, 2.45) is 0 Å². The normalized spacial score (nSPS) is 18.9. The van der Waals surface area contributed by atoms with E-state index in [9.17, 15) is 8.42 Å². The van der Waals surface area contributed by atoms with Crippen LogP contribution in [0.5, 0.6) is 0 Å². The monoisotopic (exact) mass is 332 g/mol. The fourth-order valence-electron chi connectivity index (χ4n) is 2.86. The molecule has 0 aliphatic carbocycles. The van der Waals surface area contributed by atoms with Crippen molar-refractivity contribution < 1.29 is 8.42 Å². The first-order valence-electron chi connectivity index (χ1n) is 7.03. The average Bonchev–Trinajstić information content (AvgIpc) is 2.89. The van der Waals surface area contributed by atoms with E-state index in [1.165, 1.54) is 0 Å². The van der Waals surface area contributed by atoms with Crippen molar-refractivity contribution >= 4 is 22.4 Å². The predicted molar refractivity (Wildman–Crippen MR) is 88.9 cm³/mol. The summed E-state index contributed by atoms with van der Waals surface area (Å²) >= 11 is 0. The zero-order chi connectivity index (χ0) is 15.1. The fourth-order valence-corrected chi connectivity index (χ4v) is 4.81. The quantitative estimate of drug-likeness (QED) is 0.924. The Morgan fingerprint density at radius 2 is 1.67 bits per heavy atom. The van der Waals surface area contributed by atoms with Crippen LogP contribution in [0, 0.1) is 27.7 Å². The molecule has 0 amide bonds. The van der Waals surface area contributed by atoms with E-state index >= 15 is 0 Å². The molecule has 2 rings (SSSR count). The van der Waals surface area contributed by atoms with Gasteiger partial charge in [0.15, 0.2) is 0 Å². The molecule has 1 fully saturated rings. The number of nitrogens with zero attached hydrogens (tertiary/aromatic N) is 1. The summed E-state index contributed by atoms with van der Waals surface area (Å²) in [5.41, 5.74) is 3.80. The lowest BCUT2D eigenvalue weighted by molar-refractivity contribution is 0.387. The van der Waals surface area contributed by atoms with Gasteiger partial charge < -0.3 is 5.32 Å². The molecule has 1 aliphatic heterocycles. The number of rotatable bonds is 3. The SMILES string of the molecule is Cc1cc(C)c(C)c(S(=O)(=O)N(C)C2CCNC2)c1C.Cl. The number of sulfonamides is 1. The third kappa shape index (κ3) is 3.26. The van der Waals surface area contributed by atoms with E-state index in [1.54, 1.807) is 11.4 Å². The maximum absolute atomic E-state index is 13.0. The second-order valence-corrected chi connectivity index (χ2v) is 7.69. The van der Waals surface area contributed by atoms with Gasteiger partial charge in [-0.1, -0.05) is 6.07 Å². The van der Waals surface area contributed by atoms with Crippen molar-refractivity contribution in [2.75, 3.05) is 20.1 Å². The van der Waals surface area contributed by atoms with Gasteiger partial charge in [-0.2, -0.15) is 4.31 Å². The standard InChI is InChI=1S/C15H24N2O2S.ClH/c1-10-8-11(2)13(4)15(12(10)3)20(18,19)17(5)14-6-7-16-9-14;/h8,14,16H,6-7,9H2,1-5H3;1H. The van der Waals surface area contributed by atoms with Crippen LogP contribution in [-0.2, 0) is 10.0 Å². The van der Waals surface area contributed by atoms with Crippen molar-refractivity contribution in [1.82, 2.24) is 9.62 Å². The molecule has 1 aromatic rings. The molecule has 1 unspecified atom stereocenters. The molecule has 4 nitrogen and oxygen atoms in total. The van der Waals surface area contributed by atoms with Crippen LogP contribution < -0.4 is 5.32 Å². The van der Waals surface area contributed by atoms with Crippen LogP contribution in [0.1, 0.15) is 28.7 Å². The molecule has 1 atom stereocenters. The number of hydrogen-bond donors (Lipinski definition) is 1. The number of aryl methyl sites for hydroxylation is 2. The summed E-state index contributed by atoms with van der Waals surface area (Å²) in [7, 11) is -1.74. The molecule has 1 saturated heterocycles. The van der Waals surface area contributed by atoms with Gasteiger partial charge in [-0.05, 0) is 62.9 Å². The van der Waals surface area contributed by atoms with Crippen molar-refractivity contribution in [2.45, 2.75) is 45.1 Å². The van der Waals surface area contributed by atoms with Crippen molar-refractivity contribution in [3.8, 4) is 0 Å². The Hall–Kier alpha value is -0.620. The van der Waals surface area contributed by atoms with Crippen molar-refractivity contribution in [3.63, 3.8) is 0 Å². The summed E-state index contributed by atoms with van der Waals surface area (Å²) in [6.45, 7) is 9.36. The van der Waals surface area contributed by atoms with E-state index in [4.69, 9.17) is 0 Å². The number of nitrogens with one attached hydrogen (secondary N) is 1. The summed E-state index contributed by atoms with van der Waals surface area (Å²) in [6, 6.07) is 2.11. The van der Waals surface area contributed by atoms with Gasteiger partial charge in [-0.15, -0.1) is 12.4 Å². The highest BCUT2D eigenvalue weighted by Gasteiger charge is 2.32. The van der Waals surface area contributed by atoms with Crippen LogP contribution in [0.15, 0.2) is 11.0 Å². The first kappa shape index (κ1) is 18.4. The Kier molecular flexibility index (Phi) is 5.83. The van der Waals surface area contributed by atoms with Crippen molar-refractivity contribution in [1.29, 1.82) is 0 Å². The molecule has 1 N–H and O–H groups in total. The zero-order valence-corrected chi connectivity index (χ0v) is 15.0. The van der Waals surface area contributed by atoms with E-state index in [2.05, 4.69) is 11.4 Å².